The molecule has 0 spiro atoms. The summed E-state index contributed by atoms with van der Waals surface area (Å²) in [6.07, 6.45) is 25.6. The fraction of sp³-hybridized carbons (Fsp3) is 0.867. The van der Waals surface area contributed by atoms with Gasteiger partial charge in [0, 0.05) is 35.6 Å². The lowest BCUT2D eigenvalue weighted by Gasteiger charge is -2.21. The molecule has 11 heteroatoms. The Morgan fingerprint density at radius 2 is 1.46 bits per heavy atom. The molecular formula is C30H54N2O7S2. The van der Waals surface area contributed by atoms with Crippen LogP contribution < -0.4 is 4.74 Å². The standard InChI is InChI=1S/C30H54N2O7S2/c1-41(34,35)38-23-22-36-24-25-40(33)27-29(39-30-31-19-15-20-32-30)26-37-21-14-9-7-5-3-2-4-6-8-11-16-28-17-12-10-13-18-28/h15,19-20,28-29H,2-14,16-18,21-27H2,1H3. The molecule has 1 heterocycles. The molecule has 0 amide bonds. The predicted molar refractivity (Wildman–Crippen MR) is 164 cm³/mol. The van der Waals surface area contributed by atoms with Crippen LogP contribution in [0.5, 0.6) is 6.01 Å². The van der Waals surface area contributed by atoms with Crippen LogP contribution in [0.4, 0.5) is 0 Å². The van der Waals surface area contributed by atoms with Crippen LogP contribution in [0, 0.1) is 5.92 Å². The minimum atomic E-state index is -3.48. The fourth-order valence-corrected chi connectivity index (χ4v) is 6.56. The summed E-state index contributed by atoms with van der Waals surface area (Å²) in [6, 6.07) is 1.94. The van der Waals surface area contributed by atoms with Crippen molar-refractivity contribution in [3.8, 4) is 6.01 Å². The normalized spacial score (nSPS) is 16.0. The number of ether oxygens (including phenoxy) is 3. The molecule has 1 fully saturated rings. The van der Waals surface area contributed by atoms with E-state index in [1.165, 1.54) is 89.9 Å². The van der Waals surface area contributed by atoms with Crippen LogP contribution in [-0.2, 0) is 34.6 Å². The van der Waals surface area contributed by atoms with Crippen molar-refractivity contribution in [3.63, 3.8) is 0 Å². The average molecular weight is 619 g/mol. The summed E-state index contributed by atoms with van der Waals surface area (Å²) < 4.78 is 56.1. The first-order valence-corrected chi connectivity index (χ1v) is 19.0. The van der Waals surface area contributed by atoms with Crippen molar-refractivity contribution in [3.05, 3.63) is 18.5 Å². The SMILES string of the molecule is CS(=O)(=O)OCCOCCS(=O)CC(COCCCCCCCCCCCCC1CCCCC1)Oc1ncccn1. The summed E-state index contributed by atoms with van der Waals surface area (Å²) in [5.41, 5.74) is 0. The van der Waals surface area contributed by atoms with Crippen molar-refractivity contribution in [1.82, 2.24) is 9.97 Å². The molecule has 0 aromatic carbocycles. The molecule has 2 atom stereocenters. The van der Waals surface area contributed by atoms with Crippen molar-refractivity contribution in [1.29, 1.82) is 0 Å². The molecular weight excluding hydrogens is 564 g/mol. The van der Waals surface area contributed by atoms with E-state index in [1.54, 1.807) is 18.5 Å². The van der Waals surface area contributed by atoms with Crippen molar-refractivity contribution in [2.45, 2.75) is 109 Å². The maximum absolute atomic E-state index is 12.6. The highest BCUT2D eigenvalue weighted by molar-refractivity contribution is 7.86. The predicted octanol–water partition coefficient (Wildman–Crippen LogP) is 5.85. The van der Waals surface area contributed by atoms with Gasteiger partial charge in [0.25, 0.3) is 10.1 Å². The zero-order valence-corrected chi connectivity index (χ0v) is 26.9. The van der Waals surface area contributed by atoms with E-state index in [0.717, 1.165) is 25.0 Å². The van der Waals surface area contributed by atoms with Gasteiger partial charge in [0.05, 0.1) is 38.4 Å². The molecule has 1 aliphatic rings. The first-order chi connectivity index (χ1) is 19.9. The van der Waals surface area contributed by atoms with Crippen LogP contribution in [0.15, 0.2) is 18.5 Å². The second-order valence-corrected chi connectivity index (χ2v) is 14.4. The summed E-state index contributed by atoms with van der Waals surface area (Å²) in [7, 11) is -4.69. The van der Waals surface area contributed by atoms with E-state index in [0.29, 0.717) is 19.0 Å². The number of nitrogens with zero attached hydrogens (tertiary/aromatic N) is 2. The Morgan fingerprint density at radius 3 is 2.12 bits per heavy atom. The molecule has 0 saturated heterocycles. The van der Waals surface area contributed by atoms with Gasteiger partial charge in [-0.05, 0) is 18.4 Å². The van der Waals surface area contributed by atoms with E-state index in [-0.39, 0.29) is 31.6 Å². The molecule has 0 aliphatic heterocycles. The van der Waals surface area contributed by atoms with Crippen LogP contribution in [0.1, 0.15) is 103 Å². The van der Waals surface area contributed by atoms with E-state index in [2.05, 4.69) is 14.2 Å². The lowest BCUT2D eigenvalue weighted by Crippen LogP contribution is -2.31. The molecule has 1 aromatic rings. The van der Waals surface area contributed by atoms with E-state index in [9.17, 15) is 12.6 Å². The maximum atomic E-state index is 12.6. The van der Waals surface area contributed by atoms with Crippen LogP contribution >= 0.6 is 0 Å². The summed E-state index contributed by atoms with van der Waals surface area (Å²) >= 11 is 0. The third-order valence-corrected chi connectivity index (χ3v) is 9.31. The van der Waals surface area contributed by atoms with Crippen LogP contribution in [0.3, 0.4) is 0 Å². The van der Waals surface area contributed by atoms with Gasteiger partial charge in [-0.1, -0.05) is 96.3 Å². The fourth-order valence-electron chi connectivity index (χ4n) is 5.14. The molecule has 9 nitrogen and oxygen atoms in total. The number of rotatable bonds is 26. The van der Waals surface area contributed by atoms with Crippen LogP contribution in [0.2, 0.25) is 0 Å². The molecule has 1 aliphatic carbocycles. The lowest BCUT2D eigenvalue weighted by molar-refractivity contribution is 0.0537. The molecule has 0 N–H and O–H groups in total. The summed E-state index contributed by atoms with van der Waals surface area (Å²) in [5.74, 6) is 1.60. The highest BCUT2D eigenvalue weighted by Crippen LogP contribution is 2.28. The molecule has 238 valence electrons. The number of aromatic nitrogens is 2. The van der Waals surface area contributed by atoms with Gasteiger partial charge in [-0.2, -0.15) is 8.42 Å². The number of hydrogen-bond donors (Lipinski definition) is 0. The van der Waals surface area contributed by atoms with E-state index >= 15 is 0 Å². The highest BCUT2D eigenvalue weighted by Gasteiger charge is 2.17. The molecule has 41 heavy (non-hydrogen) atoms. The largest absolute Gasteiger partial charge is 0.457 e. The Morgan fingerprint density at radius 1 is 0.829 bits per heavy atom. The first kappa shape index (κ1) is 36.1. The first-order valence-electron chi connectivity index (χ1n) is 15.7. The Bertz CT molecular complexity index is 884. The number of hydrogen-bond acceptors (Lipinski definition) is 9. The van der Waals surface area contributed by atoms with E-state index in [4.69, 9.17) is 14.2 Å². The van der Waals surface area contributed by atoms with Crippen LogP contribution in [0.25, 0.3) is 0 Å². The Labute approximate surface area is 251 Å². The van der Waals surface area contributed by atoms with Crippen LogP contribution in [-0.4, -0.2) is 79.5 Å². The van der Waals surface area contributed by atoms with Gasteiger partial charge in [-0.15, -0.1) is 0 Å². The monoisotopic (exact) mass is 618 g/mol. The molecule has 1 saturated carbocycles. The van der Waals surface area contributed by atoms with Crippen molar-refractivity contribution < 1.29 is 31.0 Å². The smallest absolute Gasteiger partial charge is 0.316 e. The quantitative estimate of drug-likeness (QED) is 0.0931. The van der Waals surface area contributed by atoms with Gasteiger partial charge in [0.15, 0.2) is 0 Å². The topological polar surface area (TPSA) is 114 Å². The summed E-state index contributed by atoms with van der Waals surface area (Å²) in [4.78, 5) is 8.20. The van der Waals surface area contributed by atoms with Gasteiger partial charge in [-0.3, -0.25) is 8.39 Å². The van der Waals surface area contributed by atoms with Gasteiger partial charge in [0.1, 0.15) is 6.10 Å². The van der Waals surface area contributed by atoms with Gasteiger partial charge in [0.2, 0.25) is 0 Å². The van der Waals surface area contributed by atoms with Gasteiger partial charge >= 0.3 is 6.01 Å². The maximum Gasteiger partial charge on any atom is 0.316 e. The zero-order valence-electron chi connectivity index (χ0n) is 25.2. The Hall–Kier alpha value is -1.14. The van der Waals surface area contributed by atoms with E-state index in [1.807, 2.05) is 0 Å². The van der Waals surface area contributed by atoms with Gasteiger partial charge in [-0.25, -0.2) is 9.97 Å². The van der Waals surface area contributed by atoms with E-state index < -0.39 is 27.0 Å². The lowest BCUT2D eigenvalue weighted by atomic mass is 9.85. The van der Waals surface area contributed by atoms with Crippen molar-refractivity contribution >= 4 is 20.9 Å². The molecule has 2 rings (SSSR count). The van der Waals surface area contributed by atoms with Gasteiger partial charge < -0.3 is 14.2 Å². The zero-order chi connectivity index (χ0) is 29.4. The molecule has 0 radical (unpaired) electrons. The molecule has 1 aromatic heterocycles. The number of unbranched alkanes of at least 4 members (excludes halogenated alkanes) is 9. The molecule has 2 unspecified atom stereocenters. The summed E-state index contributed by atoms with van der Waals surface area (Å²) in [5, 5.41) is 0. The third-order valence-electron chi connectivity index (χ3n) is 7.35. The van der Waals surface area contributed by atoms with Crippen molar-refractivity contribution in [2.24, 2.45) is 5.92 Å². The Kier molecular flexibility index (Phi) is 20.5. The highest BCUT2D eigenvalue weighted by atomic mass is 32.2. The molecule has 0 bridgehead atoms. The minimum absolute atomic E-state index is 0.0588. The second kappa shape index (κ2) is 23.3. The third kappa shape index (κ3) is 21.2. The van der Waals surface area contributed by atoms with Crippen molar-refractivity contribution in [2.75, 3.05) is 50.8 Å². The minimum Gasteiger partial charge on any atom is -0.457 e. The second-order valence-electron chi connectivity index (χ2n) is 11.1. The average Bonchev–Trinajstić information content (AvgIpc) is 2.95. The summed E-state index contributed by atoms with van der Waals surface area (Å²) in [6.45, 7) is 1.25. The Balaban J connectivity index is 1.47.